The van der Waals surface area contributed by atoms with Crippen molar-refractivity contribution >= 4 is 21.7 Å². The Morgan fingerprint density at radius 1 is 1.23 bits per heavy atom. The zero-order chi connectivity index (χ0) is 21.6. The van der Waals surface area contributed by atoms with Gasteiger partial charge in [0.25, 0.3) is 0 Å². The number of rotatable bonds is 8. The number of likely N-dealkylation sites (N-methyl/N-ethyl adjacent to an activating group) is 1. The van der Waals surface area contributed by atoms with Gasteiger partial charge in [-0.2, -0.15) is 4.31 Å². The number of hydrogen-bond acceptors (Lipinski definition) is 6. The van der Waals surface area contributed by atoms with Crippen molar-refractivity contribution in [1.29, 1.82) is 0 Å². The molecule has 2 amide bonds. The van der Waals surface area contributed by atoms with Gasteiger partial charge in [0.1, 0.15) is 0 Å². The number of hydrazine groups is 1. The van der Waals surface area contributed by atoms with Crippen LogP contribution in [0.4, 0.5) is 10.5 Å². The van der Waals surface area contributed by atoms with E-state index in [-0.39, 0.29) is 10.9 Å². The first-order chi connectivity index (χ1) is 14.4. The summed E-state index contributed by atoms with van der Waals surface area (Å²) >= 11 is 0. The largest absolute Gasteiger partial charge is 0.338 e. The Morgan fingerprint density at radius 3 is 2.67 bits per heavy atom. The lowest BCUT2D eigenvalue weighted by molar-refractivity contribution is 0.196. The zero-order valence-electron chi connectivity index (χ0n) is 17.9. The summed E-state index contributed by atoms with van der Waals surface area (Å²) in [5.74, 6) is 0.566. The van der Waals surface area contributed by atoms with E-state index in [4.69, 9.17) is 0 Å². The van der Waals surface area contributed by atoms with Crippen LogP contribution in [0, 0.1) is 5.92 Å². The van der Waals surface area contributed by atoms with Crippen LogP contribution in [0.1, 0.15) is 26.7 Å². The van der Waals surface area contributed by atoms with Crippen LogP contribution in [0.25, 0.3) is 0 Å². The molecule has 2 saturated heterocycles. The van der Waals surface area contributed by atoms with E-state index in [1.54, 1.807) is 18.2 Å². The third-order valence-electron chi connectivity index (χ3n) is 5.95. The first-order valence-corrected chi connectivity index (χ1v) is 12.2. The Bertz CT molecular complexity index is 811. The smallest absolute Gasteiger partial charge is 0.319 e. The first kappa shape index (κ1) is 23.0. The van der Waals surface area contributed by atoms with Gasteiger partial charge in [-0.1, -0.05) is 13.0 Å². The summed E-state index contributed by atoms with van der Waals surface area (Å²) in [6.45, 7) is 9.12. The maximum atomic E-state index is 13.0. The van der Waals surface area contributed by atoms with Crippen LogP contribution in [0.2, 0.25) is 0 Å². The summed E-state index contributed by atoms with van der Waals surface area (Å²) in [5, 5.41) is 5.59. The number of urea groups is 1. The predicted molar refractivity (Wildman–Crippen MR) is 118 cm³/mol. The number of sulfonamides is 1. The molecule has 2 fully saturated rings. The number of anilines is 1. The van der Waals surface area contributed by atoms with Gasteiger partial charge in [-0.3, -0.25) is 10.9 Å². The molecule has 168 valence electrons. The fourth-order valence-corrected chi connectivity index (χ4v) is 5.38. The normalized spacial score (nSPS) is 23.4. The zero-order valence-corrected chi connectivity index (χ0v) is 18.7. The van der Waals surface area contributed by atoms with Crippen LogP contribution in [-0.2, 0) is 10.0 Å². The lowest BCUT2D eigenvalue weighted by atomic mass is 9.98. The summed E-state index contributed by atoms with van der Waals surface area (Å²) in [7, 11) is -3.56. The molecule has 2 atom stereocenters. The molecular weight excluding hydrogens is 404 g/mol. The second-order valence-corrected chi connectivity index (χ2v) is 9.90. The standard InChI is InChI=1S/C20H34N6O3S/c1-3-25-10-12-26(13-11-25)30(28,29)19-8-4-7-18(14-19)23-20(27)21-9-5-6-17-15-22-24-16(17)2/h4,7-8,14,16-17,22,24H,3,5-6,9-13,15H2,1-2H3,(H2,21,23,27). The minimum Gasteiger partial charge on any atom is -0.338 e. The predicted octanol–water partition coefficient (Wildman–Crippen LogP) is 1.03. The molecule has 1 aromatic rings. The molecule has 2 unspecified atom stereocenters. The van der Waals surface area contributed by atoms with Crippen LogP contribution >= 0.6 is 0 Å². The van der Waals surface area contributed by atoms with Gasteiger partial charge in [0.2, 0.25) is 10.0 Å². The molecule has 2 heterocycles. The van der Waals surface area contributed by atoms with Gasteiger partial charge in [-0.15, -0.1) is 0 Å². The minimum atomic E-state index is -3.56. The SMILES string of the molecule is CCN1CCN(S(=O)(=O)c2cccc(NC(=O)NCCCC3CNNC3C)c2)CC1. The monoisotopic (exact) mass is 438 g/mol. The number of nitrogens with one attached hydrogen (secondary N) is 4. The van der Waals surface area contributed by atoms with Gasteiger partial charge in [-0.25, -0.2) is 13.2 Å². The number of amides is 2. The number of piperazine rings is 1. The van der Waals surface area contributed by atoms with Crippen molar-refractivity contribution in [2.75, 3.05) is 51.1 Å². The lowest BCUT2D eigenvalue weighted by Crippen LogP contribution is -2.48. The Labute approximate surface area is 179 Å². The molecule has 30 heavy (non-hydrogen) atoms. The van der Waals surface area contributed by atoms with E-state index in [2.05, 4.69) is 40.2 Å². The fraction of sp³-hybridized carbons (Fsp3) is 0.650. The molecule has 0 radical (unpaired) electrons. The molecule has 1 aromatic carbocycles. The van der Waals surface area contributed by atoms with E-state index in [0.717, 1.165) is 39.0 Å². The molecule has 0 spiro atoms. The van der Waals surface area contributed by atoms with E-state index in [1.165, 1.54) is 10.4 Å². The minimum absolute atomic E-state index is 0.209. The highest BCUT2D eigenvalue weighted by Crippen LogP contribution is 2.21. The van der Waals surface area contributed by atoms with Crippen LogP contribution in [0.15, 0.2) is 29.2 Å². The number of benzene rings is 1. The van der Waals surface area contributed by atoms with Crippen LogP contribution in [-0.4, -0.2) is 75.5 Å². The Morgan fingerprint density at radius 2 is 2.00 bits per heavy atom. The van der Waals surface area contributed by atoms with Gasteiger partial charge in [0, 0.05) is 51.0 Å². The van der Waals surface area contributed by atoms with Crippen molar-refractivity contribution < 1.29 is 13.2 Å². The van der Waals surface area contributed by atoms with E-state index >= 15 is 0 Å². The maximum absolute atomic E-state index is 13.0. The highest BCUT2D eigenvalue weighted by Gasteiger charge is 2.28. The Kier molecular flexibility index (Phi) is 8.06. The molecule has 9 nitrogen and oxygen atoms in total. The molecule has 0 saturated carbocycles. The summed E-state index contributed by atoms with van der Waals surface area (Å²) in [6, 6.07) is 6.58. The van der Waals surface area contributed by atoms with Gasteiger partial charge in [0.05, 0.1) is 4.90 Å². The topological polar surface area (TPSA) is 106 Å². The second-order valence-electron chi connectivity index (χ2n) is 7.96. The summed E-state index contributed by atoms with van der Waals surface area (Å²) in [6.07, 6.45) is 1.92. The van der Waals surface area contributed by atoms with E-state index in [9.17, 15) is 13.2 Å². The molecule has 2 aliphatic heterocycles. The average molecular weight is 439 g/mol. The molecule has 0 aliphatic carbocycles. The van der Waals surface area contributed by atoms with Crippen molar-refractivity contribution in [2.24, 2.45) is 5.92 Å². The molecule has 2 aliphatic rings. The van der Waals surface area contributed by atoms with Crippen molar-refractivity contribution in [2.45, 2.75) is 37.6 Å². The van der Waals surface area contributed by atoms with Gasteiger partial charge < -0.3 is 15.5 Å². The van der Waals surface area contributed by atoms with E-state index < -0.39 is 10.0 Å². The molecule has 3 rings (SSSR count). The second kappa shape index (κ2) is 10.5. The highest BCUT2D eigenvalue weighted by atomic mass is 32.2. The molecular formula is C20H34N6O3S. The molecule has 0 aromatic heterocycles. The number of hydrogen-bond donors (Lipinski definition) is 4. The van der Waals surface area contributed by atoms with Crippen molar-refractivity contribution in [3.05, 3.63) is 24.3 Å². The van der Waals surface area contributed by atoms with Crippen LogP contribution in [0.3, 0.4) is 0 Å². The highest BCUT2D eigenvalue weighted by molar-refractivity contribution is 7.89. The molecule has 4 N–H and O–H groups in total. The lowest BCUT2D eigenvalue weighted by Gasteiger charge is -2.33. The quantitative estimate of drug-likeness (QED) is 0.452. The van der Waals surface area contributed by atoms with Crippen molar-refractivity contribution in [3.63, 3.8) is 0 Å². The van der Waals surface area contributed by atoms with Gasteiger partial charge in [0.15, 0.2) is 0 Å². The van der Waals surface area contributed by atoms with Crippen LogP contribution in [0.5, 0.6) is 0 Å². The summed E-state index contributed by atoms with van der Waals surface area (Å²) in [4.78, 5) is 14.6. The fourth-order valence-electron chi connectivity index (χ4n) is 3.91. The molecule has 10 heteroatoms. The van der Waals surface area contributed by atoms with Gasteiger partial charge in [-0.05, 0) is 50.4 Å². The van der Waals surface area contributed by atoms with Crippen molar-refractivity contribution in [1.82, 2.24) is 25.4 Å². The third kappa shape index (κ3) is 5.92. The van der Waals surface area contributed by atoms with Crippen LogP contribution < -0.4 is 21.5 Å². The number of carbonyl (C=O) groups is 1. The van der Waals surface area contributed by atoms with Crippen molar-refractivity contribution in [3.8, 4) is 0 Å². The summed E-state index contributed by atoms with van der Waals surface area (Å²) < 4.78 is 27.4. The first-order valence-electron chi connectivity index (χ1n) is 10.8. The average Bonchev–Trinajstić information content (AvgIpc) is 3.16. The Hall–Kier alpha value is -1.72. The number of carbonyl (C=O) groups excluding carboxylic acids is 1. The number of nitrogens with zero attached hydrogens (tertiary/aromatic N) is 2. The summed E-state index contributed by atoms with van der Waals surface area (Å²) in [5.41, 5.74) is 6.81. The third-order valence-corrected chi connectivity index (χ3v) is 7.84. The Balaban J connectivity index is 1.49. The van der Waals surface area contributed by atoms with Gasteiger partial charge >= 0.3 is 6.03 Å². The molecule has 0 bridgehead atoms. The maximum Gasteiger partial charge on any atom is 0.319 e. The van der Waals surface area contributed by atoms with E-state index in [0.29, 0.717) is 37.3 Å². The van der Waals surface area contributed by atoms with E-state index in [1.807, 2.05) is 0 Å².